The molecule has 0 spiro atoms. The fourth-order valence-electron chi connectivity index (χ4n) is 2.91. The van der Waals surface area contributed by atoms with Crippen LogP contribution in [-0.2, 0) is 0 Å². The number of carbonyl (C=O) groups excluding carboxylic acids is 1. The molecule has 1 atom stereocenters. The first-order chi connectivity index (χ1) is 10.6. The van der Waals surface area contributed by atoms with Crippen LogP contribution in [0.4, 0.5) is 0 Å². The molecule has 0 aliphatic carbocycles. The Labute approximate surface area is 148 Å². The van der Waals surface area contributed by atoms with Crippen LogP contribution >= 0.6 is 38.9 Å². The average molecular weight is 399 g/mol. The molecule has 2 nitrogen and oxygen atoms in total. The van der Waals surface area contributed by atoms with E-state index in [-0.39, 0.29) is 5.91 Å². The maximum Gasteiger partial charge on any atom is 0.263 e. The molecule has 116 valence electrons. The van der Waals surface area contributed by atoms with Gasteiger partial charge in [0.25, 0.3) is 5.91 Å². The first-order valence-electron chi connectivity index (χ1n) is 7.42. The van der Waals surface area contributed by atoms with Crippen molar-refractivity contribution in [1.29, 1.82) is 0 Å². The van der Waals surface area contributed by atoms with E-state index in [1.165, 1.54) is 16.9 Å². The molecule has 1 saturated heterocycles. The highest BCUT2D eigenvalue weighted by Gasteiger charge is 2.24. The van der Waals surface area contributed by atoms with Crippen LogP contribution in [0.3, 0.4) is 0 Å². The Bertz CT molecular complexity index is 655. The largest absolute Gasteiger partial charge is 0.337 e. The second kappa shape index (κ2) is 7.16. The fraction of sp³-hybridized carbons (Fsp3) is 0.353. The van der Waals surface area contributed by atoms with Crippen molar-refractivity contribution in [3.63, 3.8) is 0 Å². The minimum atomic E-state index is 0.150. The molecule has 1 aliphatic rings. The molecule has 22 heavy (non-hydrogen) atoms. The highest BCUT2D eigenvalue weighted by atomic mass is 79.9. The van der Waals surface area contributed by atoms with Crippen molar-refractivity contribution >= 4 is 44.8 Å². The van der Waals surface area contributed by atoms with Crippen LogP contribution < -0.4 is 0 Å². The second-order valence-electron chi connectivity index (χ2n) is 5.62. The second-order valence-corrected chi connectivity index (χ2v) is 7.89. The van der Waals surface area contributed by atoms with Crippen LogP contribution in [-0.4, -0.2) is 23.9 Å². The van der Waals surface area contributed by atoms with Crippen molar-refractivity contribution < 1.29 is 4.79 Å². The standard InChI is InChI=1S/C17H17BrClNOS/c18-14-9-16(22-11-14)17(21)20-8-2-1-3-13(10-20)12-4-6-15(19)7-5-12/h4-7,9,11,13H,1-3,8,10H2. The summed E-state index contributed by atoms with van der Waals surface area (Å²) in [6.45, 7) is 1.63. The molecule has 0 radical (unpaired) electrons. The van der Waals surface area contributed by atoms with Crippen molar-refractivity contribution in [2.45, 2.75) is 25.2 Å². The van der Waals surface area contributed by atoms with E-state index in [1.807, 2.05) is 28.5 Å². The zero-order chi connectivity index (χ0) is 15.5. The number of carbonyl (C=O) groups is 1. The number of likely N-dealkylation sites (tertiary alicyclic amines) is 1. The lowest BCUT2D eigenvalue weighted by molar-refractivity contribution is 0.0759. The third-order valence-electron chi connectivity index (χ3n) is 4.08. The fourth-order valence-corrected chi connectivity index (χ4v) is 4.43. The maximum atomic E-state index is 12.7. The number of thiophene rings is 1. The van der Waals surface area contributed by atoms with Crippen LogP contribution in [0.2, 0.25) is 5.02 Å². The molecular weight excluding hydrogens is 382 g/mol. The quantitative estimate of drug-likeness (QED) is 0.647. The molecule has 1 aromatic heterocycles. The number of nitrogens with zero attached hydrogens (tertiary/aromatic N) is 1. The maximum absolute atomic E-state index is 12.7. The summed E-state index contributed by atoms with van der Waals surface area (Å²) < 4.78 is 0.977. The van der Waals surface area contributed by atoms with Crippen molar-refractivity contribution in [2.24, 2.45) is 0 Å². The van der Waals surface area contributed by atoms with Gasteiger partial charge in [-0.25, -0.2) is 0 Å². The first kappa shape index (κ1) is 16.0. The van der Waals surface area contributed by atoms with Gasteiger partial charge in [0.1, 0.15) is 0 Å². The minimum Gasteiger partial charge on any atom is -0.337 e. The van der Waals surface area contributed by atoms with E-state index in [1.54, 1.807) is 0 Å². The Kier molecular flexibility index (Phi) is 5.21. The zero-order valence-corrected chi connectivity index (χ0v) is 15.3. The molecule has 2 heterocycles. The topological polar surface area (TPSA) is 20.3 Å². The summed E-state index contributed by atoms with van der Waals surface area (Å²) in [6, 6.07) is 9.95. The molecule has 1 unspecified atom stereocenters. The number of hydrogen-bond acceptors (Lipinski definition) is 2. The minimum absolute atomic E-state index is 0.150. The molecule has 0 saturated carbocycles. The summed E-state index contributed by atoms with van der Waals surface area (Å²) in [5, 5.41) is 2.72. The van der Waals surface area contributed by atoms with Gasteiger partial charge in [0.05, 0.1) is 4.88 Å². The van der Waals surface area contributed by atoms with E-state index < -0.39 is 0 Å². The highest BCUT2D eigenvalue weighted by molar-refractivity contribution is 9.10. The molecule has 1 amide bonds. The Balaban J connectivity index is 1.77. The van der Waals surface area contributed by atoms with Crippen molar-refractivity contribution in [3.8, 4) is 0 Å². The Morgan fingerprint density at radius 1 is 1.27 bits per heavy atom. The SMILES string of the molecule is O=C(c1cc(Br)cs1)N1CCCCC(c2ccc(Cl)cc2)C1. The monoisotopic (exact) mass is 397 g/mol. The summed E-state index contributed by atoms with van der Waals surface area (Å²) in [7, 11) is 0. The predicted molar refractivity (Wildman–Crippen MR) is 96.0 cm³/mol. The van der Waals surface area contributed by atoms with E-state index in [4.69, 9.17) is 11.6 Å². The van der Waals surface area contributed by atoms with E-state index in [9.17, 15) is 4.79 Å². The van der Waals surface area contributed by atoms with Gasteiger partial charge in [-0.05, 0) is 52.5 Å². The summed E-state index contributed by atoms with van der Waals surface area (Å²) in [5.41, 5.74) is 1.27. The molecule has 2 aromatic rings. The average Bonchev–Trinajstić information content (AvgIpc) is 2.81. The van der Waals surface area contributed by atoms with Crippen LogP contribution in [0.5, 0.6) is 0 Å². The van der Waals surface area contributed by atoms with Crippen molar-refractivity contribution in [3.05, 3.63) is 55.6 Å². The van der Waals surface area contributed by atoms with Gasteiger partial charge in [-0.15, -0.1) is 11.3 Å². The first-order valence-corrected chi connectivity index (χ1v) is 9.47. The van der Waals surface area contributed by atoms with E-state index >= 15 is 0 Å². The molecule has 5 heteroatoms. The van der Waals surface area contributed by atoms with Gasteiger partial charge < -0.3 is 4.90 Å². The van der Waals surface area contributed by atoms with Gasteiger partial charge in [0, 0.05) is 33.9 Å². The lowest BCUT2D eigenvalue weighted by Crippen LogP contribution is -2.33. The third-order valence-corrected chi connectivity index (χ3v) is 6.01. The summed E-state index contributed by atoms with van der Waals surface area (Å²) >= 11 is 10.9. The lowest BCUT2D eigenvalue weighted by Gasteiger charge is -2.24. The van der Waals surface area contributed by atoms with Gasteiger partial charge >= 0.3 is 0 Å². The van der Waals surface area contributed by atoms with Gasteiger partial charge in [0.15, 0.2) is 0 Å². The summed E-state index contributed by atoms with van der Waals surface area (Å²) in [6.07, 6.45) is 3.35. The van der Waals surface area contributed by atoms with Gasteiger partial charge in [-0.2, -0.15) is 0 Å². The van der Waals surface area contributed by atoms with E-state index in [2.05, 4.69) is 28.1 Å². The summed E-state index contributed by atoms with van der Waals surface area (Å²) in [5.74, 6) is 0.545. The number of benzene rings is 1. The van der Waals surface area contributed by atoms with Gasteiger partial charge in [-0.3, -0.25) is 4.79 Å². The van der Waals surface area contributed by atoms with Crippen LogP contribution in [0.15, 0.2) is 40.2 Å². The van der Waals surface area contributed by atoms with Crippen LogP contribution in [0.1, 0.15) is 40.4 Å². The molecule has 1 aliphatic heterocycles. The zero-order valence-electron chi connectivity index (χ0n) is 12.1. The smallest absolute Gasteiger partial charge is 0.263 e. The molecule has 1 aromatic carbocycles. The van der Waals surface area contributed by atoms with E-state index in [0.717, 1.165) is 46.7 Å². The van der Waals surface area contributed by atoms with Crippen LogP contribution in [0, 0.1) is 0 Å². The highest BCUT2D eigenvalue weighted by Crippen LogP contribution is 2.29. The Morgan fingerprint density at radius 3 is 2.73 bits per heavy atom. The van der Waals surface area contributed by atoms with Gasteiger partial charge in [0.2, 0.25) is 0 Å². The number of rotatable bonds is 2. The summed E-state index contributed by atoms with van der Waals surface area (Å²) in [4.78, 5) is 15.5. The van der Waals surface area contributed by atoms with E-state index in [0.29, 0.717) is 5.92 Å². The molecule has 3 rings (SSSR count). The number of amides is 1. The van der Waals surface area contributed by atoms with Crippen molar-refractivity contribution in [1.82, 2.24) is 4.90 Å². The molecule has 1 fully saturated rings. The Morgan fingerprint density at radius 2 is 2.05 bits per heavy atom. The predicted octanol–water partition coefficient (Wildman–Crippen LogP) is 5.57. The molecule has 0 N–H and O–H groups in total. The third kappa shape index (κ3) is 3.73. The van der Waals surface area contributed by atoms with Crippen molar-refractivity contribution in [2.75, 3.05) is 13.1 Å². The molecule has 0 bridgehead atoms. The Hall–Kier alpha value is -0.840. The van der Waals surface area contributed by atoms with Crippen LogP contribution in [0.25, 0.3) is 0 Å². The normalized spacial score (nSPS) is 19.0. The molecular formula is C17H17BrClNOS. The number of halogens is 2. The number of hydrogen-bond donors (Lipinski definition) is 0. The van der Waals surface area contributed by atoms with Gasteiger partial charge in [-0.1, -0.05) is 30.2 Å². The lowest BCUT2D eigenvalue weighted by atomic mass is 9.94.